The highest BCUT2D eigenvalue weighted by molar-refractivity contribution is 6.41. The van der Waals surface area contributed by atoms with Gasteiger partial charge in [0.15, 0.2) is 5.82 Å². The van der Waals surface area contributed by atoms with E-state index in [1.807, 2.05) is 11.8 Å². The number of aryl methyl sites for hydroxylation is 2. The first-order chi connectivity index (χ1) is 21.3. The average molecular weight is 649 g/mol. The maximum Gasteiger partial charge on any atom is 0.419 e. The van der Waals surface area contributed by atoms with Gasteiger partial charge in [0.1, 0.15) is 10.9 Å². The summed E-state index contributed by atoms with van der Waals surface area (Å²) in [4.78, 5) is 45.5. The molecule has 2 aliphatic heterocycles. The number of carbonyl (C=O) groups excluding carboxylic acids is 2. The lowest BCUT2D eigenvalue weighted by Crippen LogP contribution is -2.41. The summed E-state index contributed by atoms with van der Waals surface area (Å²) in [7, 11) is 1.51. The van der Waals surface area contributed by atoms with Crippen molar-refractivity contribution < 1.29 is 32.2 Å². The number of hydrogen-bond acceptors (Lipinski definition) is 9. The number of carbonyl (C=O) groups is 2. The van der Waals surface area contributed by atoms with E-state index in [0.29, 0.717) is 49.9 Å². The van der Waals surface area contributed by atoms with E-state index >= 15 is 0 Å². The zero-order chi connectivity index (χ0) is 32.6. The zero-order valence-corrected chi connectivity index (χ0v) is 25.8. The molecule has 45 heavy (non-hydrogen) atoms. The van der Waals surface area contributed by atoms with Crippen LogP contribution in [0.1, 0.15) is 49.7 Å². The molecule has 0 aliphatic carbocycles. The monoisotopic (exact) mass is 648 g/mol. The van der Waals surface area contributed by atoms with Crippen molar-refractivity contribution in [2.45, 2.75) is 33.5 Å². The number of nitrogen functional groups attached to an aromatic ring is 1. The molecule has 2 aliphatic rings. The van der Waals surface area contributed by atoms with Crippen LogP contribution in [0.25, 0.3) is 11.6 Å². The van der Waals surface area contributed by atoms with Crippen molar-refractivity contribution in [2.24, 2.45) is 0 Å². The van der Waals surface area contributed by atoms with Gasteiger partial charge in [-0.05, 0) is 26.8 Å². The minimum absolute atomic E-state index is 0.00415. The van der Waals surface area contributed by atoms with Crippen LogP contribution < -0.4 is 20.7 Å². The van der Waals surface area contributed by atoms with E-state index in [2.05, 4.69) is 25.3 Å². The summed E-state index contributed by atoms with van der Waals surface area (Å²) < 4.78 is 54.5. The third-order valence-corrected chi connectivity index (χ3v) is 8.03. The molecule has 2 amide bonds. The van der Waals surface area contributed by atoms with Gasteiger partial charge in [0.2, 0.25) is 5.95 Å². The number of alkyl halides is 3. The normalized spacial score (nSPS) is 16.4. The van der Waals surface area contributed by atoms with E-state index in [1.54, 1.807) is 13.1 Å². The van der Waals surface area contributed by atoms with E-state index in [-0.39, 0.29) is 46.8 Å². The Labute approximate surface area is 261 Å². The van der Waals surface area contributed by atoms with Gasteiger partial charge in [-0.1, -0.05) is 11.6 Å². The predicted octanol–water partition coefficient (Wildman–Crippen LogP) is 3.54. The molecule has 5 heterocycles. The number of nitrogens with two attached hydrogens (primary N) is 1. The Morgan fingerprint density at radius 3 is 2.62 bits per heavy atom. The molecule has 4 N–H and O–H groups in total. The van der Waals surface area contributed by atoms with Crippen molar-refractivity contribution >= 4 is 46.8 Å². The molecule has 0 bridgehead atoms. The Hall–Kier alpha value is -4.21. The van der Waals surface area contributed by atoms with Gasteiger partial charge in [0.05, 0.1) is 60.5 Å². The number of aromatic nitrogens is 4. The van der Waals surface area contributed by atoms with Crippen LogP contribution in [0.2, 0.25) is 5.15 Å². The number of nitrogens with zero attached hydrogens (tertiary/aromatic N) is 5. The quantitative estimate of drug-likeness (QED) is 0.246. The number of H-pyrrole nitrogens is 1. The second-order valence-electron chi connectivity index (χ2n) is 10.7. The molecule has 0 atom stereocenters. The van der Waals surface area contributed by atoms with Gasteiger partial charge in [-0.15, -0.1) is 0 Å². The molecular formula is C29H32ClF3N8O4. The molecule has 3 aromatic rings. The molecule has 5 rings (SSSR count). The highest BCUT2D eigenvalue weighted by Gasteiger charge is 2.42. The first-order valence-electron chi connectivity index (χ1n) is 14.1. The second-order valence-corrected chi connectivity index (χ2v) is 11.0. The standard InChI is InChI=1S/C29H32ClF3N8O4/c1-14-12-36-19(15(2)23(14)44-4)13-41-25-21(24(30)38-28(34)39-25)17(27(41)43)11-18-22(29(31,32)33)20(16(3)37-18)26(42)35-5-6-40-7-9-45-10-8-40/h11-12,37H,5-10,13H2,1-4H3,(H,35,42)(H2,34,38,39). The first-order valence-corrected chi connectivity index (χ1v) is 14.4. The number of aromatic amines is 1. The summed E-state index contributed by atoms with van der Waals surface area (Å²) in [6, 6.07) is 0. The highest BCUT2D eigenvalue weighted by atomic mass is 35.5. The topological polar surface area (TPSA) is 152 Å². The SMILES string of the molecule is COc1c(C)cnc(CN2C(=O)C(=Cc3[nH]c(C)c(C(=O)NCCN4CCOCC4)c3C(F)(F)F)c3c(Cl)nc(N)nc32)c1C. The van der Waals surface area contributed by atoms with Crippen LogP contribution in [0.4, 0.5) is 24.9 Å². The number of halogens is 4. The first kappa shape index (κ1) is 32.2. The van der Waals surface area contributed by atoms with Crippen LogP contribution in [-0.4, -0.2) is 83.2 Å². The number of pyridine rings is 1. The Kier molecular flexibility index (Phi) is 9.05. The van der Waals surface area contributed by atoms with Crippen molar-refractivity contribution in [1.82, 2.24) is 30.2 Å². The number of methoxy groups -OCH3 is 1. The average Bonchev–Trinajstić information content (AvgIpc) is 3.44. The highest BCUT2D eigenvalue weighted by Crippen LogP contribution is 2.44. The number of fused-ring (bicyclic) bond motifs is 1. The molecule has 16 heteroatoms. The lowest BCUT2D eigenvalue weighted by Gasteiger charge is -2.26. The minimum Gasteiger partial charge on any atom is -0.496 e. The van der Waals surface area contributed by atoms with E-state index in [4.69, 9.17) is 26.8 Å². The molecule has 240 valence electrons. The summed E-state index contributed by atoms with van der Waals surface area (Å²) in [6.07, 6.45) is -2.34. The zero-order valence-electron chi connectivity index (χ0n) is 25.1. The largest absolute Gasteiger partial charge is 0.496 e. The van der Waals surface area contributed by atoms with Gasteiger partial charge in [-0.3, -0.25) is 24.4 Å². The maximum atomic E-state index is 14.6. The molecule has 1 fully saturated rings. The van der Waals surface area contributed by atoms with Crippen molar-refractivity contribution in [3.05, 3.63) is 56.2 Å². The second kappa shape index (κ2) is 12.7. The van der Waals surface area contributed by atoms with Crippen molar-refractivity contribution in [2.75, 3.05) is 57.1 Å². The molecule has 12 nitrogen and oxygen atoms in total. The van der Waals surface area contributed by atoms with E-state index in [1.165, 1.54) is 18.9 Å². The smallest absolute Gasteiger partial charge is 0.419 e. The lowest BCUT2D eigenvalue weighted by molar-refractivity contribution is -0.138. The van der Waals surface area contributed by atoms with E-state index < -0.39 is 34.8 Å². The fourth-order valence-electron chi connectivity index (χ4n) is 5.60. The molecule has 0 unspecified atom stereocenters. The molecule has 0 spiro atoms. The van der Waals surface area contributed by atoms with Crippen molar-refractivity contribution in [3.8, 4) is 5.75 Å². The molecular weight excluding hydrogens is 617 g/mol. The van der Waals surface area contributed by atoms with Crippen LogP contribution >= 0.6 is 11.6 Å². The number of rotatable bonds is 8. The third kappa shape index (κ3) is 6.32. The van der Waals surface area contributed by atoms with Gasteiger partial charge in [0.25, 0.3) is 11.8 Å². The maximum absolute atomic E-state index is 14.6. The predicted molar refractivity (Wildman–Crippen MR) is 161 cm³/mol. The molecule has 1 saturated heterocycles. The molecule has 0 saturated carbocycles. The van der Waals surface area contributed by atoms with Crippen molar-refractivity contribution in [1.29, 1.82) is 0 Å². The Balaban J connectivity index is 1.53. The van der Waals surface area contributed by atoms with Crippen LogP contribution in [-0.2, 0) is 22.3 Å². The fraction of sp³-hybridized carbons (Fsp3) is 0.414. The molecule has 0 radical (unpaired) electrons. The van der Waals surface area contributed by atoms with Crippen LogP contribution in [0.15, 0.2) is 6.20 Å². The Morgan fingerprint density at radius 1 is 1.24 bits per heavy atom. The molecule has 0 aromatic carbocycles. The van der Waals surface area contributed by atoms with Gasteiger partial charge < -0.3 is 25.5 Å². The minimum atomic E-state index is -4.95. The van der Waals surface area contributed by atoms with Crippen LogP contribution in [0.5, 0.6) is 5.75 Å². The summed E-state index contributed by atoms with van der Waals surface area (Å²) in [5.41, 5.74) is 5.26. The van der Waals surface area contributed by atoms with E-state index in [0.717, 1.165) is 11.6 Å². The summed E-state index contributed by atoms with van der Waals surface area (Å²) >= 11 is 6.41. The number of amides is 2. The van der Waals surface area contributed by atoms with Gasteiger partial charge in [0, 0.05) is 49.2 Å². The van der Waals surface area contributed by atoms with Gasteiger partial charge >= 0.3 is 6.18 Å². The van der Waals surface area contributed by atoms with Gasteiger partial charge in [-0.2, -0.15) is 18.2 Å². The number of anilines is 2. The fourth-order valence-corrected chi connectivity index (χ4v) is 5.87. The lowest BCUT2D eigenvalue weighted by atomic mass is 10.0. The molecule has 3 aromatic heterocycles. The third-order valence-electron chi connectivity index (χ3n) is 7.75. The van der Waals surface area contributed by atoms with Crippen LogP contribution in [0, 0.1) is 20.8 Å². The van der Waals surface area contributed by atoms with Crippen molar-refractivity contribution in [3.63, 3.8) is 0 Å². The number of ether oxygens (including phenoxy) is 2. The Bertz CT molecular complexity index is 1680. The summed E-state index contributed by atoms with van der Waals surface area (Å²) in [6.45, 7) is 7.90. The summed E-state index contributed by atoms with van der Waals surface area (Å²) in [5, 5.41) is 2.37. The van der Waals surface area contributed by atoms with Gasteiger partial charge in [-0.25, -0.2) is 4.98 Å². The van der Waals surface area contributed by atoms with Crippen LogP contribution in [0.3, 0.4) is 0 Å². The summed E-state index contributed by atoms with van der Waals surface area (Å²) in [5.74, 6) is -1.23. The number of hydrogen-bond donors (Lipinski definition) is 3. The Morgan fingerprint density at radius 2 is 1.96 bits per heavy atom. The van der Waals surface area contributed by atoms with E-state index in [9.17, 15) is 22.8 Å². The number of nitrogens with one attached hydrogen (secondary N) is 2. The number of morpholine rings is 1.